The zero-order valence-electron chi connectivity index (χ0n) is 12.9. The van der Waals surface area contributed by atoms with Crippen molar-refractivity contribution in [2.45, 2.75) is 11.9 Å². The molecule has 2 aromatic heterocycles. The molecular weight excluding hydrogens is 320 g/mol. The number of rotatable bonds is 3. The van der Waals surface area contributed by atoms with Crippen LogP contribution in [0.1, 0.15) is 0 Å². The van der Waals surface area contributed by atoms with Crippen molar-refractivity contribution in [1.29, 1.82) is 0 Å². The fourth-order valence-corrected chi connectivity index (χ4v) is 4.02. The second-order valence-corrected chi connectivity index (χ2v) is 6.68. The molecule has 124 valence electrons. The van der Waals surface area contributed by atoms with Crippen molar-refractivity contribution in [2.24, 2.45) is 19.8 Å². The Morgan fingerprint density at radius 3 is 2.83 bits per heavy atom. The van der Waals surface area contributed by atoms with Crippen LogP contribution in [0.5, 0.6) is 0 Å². The fraction of sp³-hybridized carbons (Fsp3) is 0.538. The number of carbonyl (C=O) groups excluding carboxylic acids is 1. The highest BCUT2D eigenvalue weighted by Crippen LogP contribution is 2.25. The van der Waals surface area contributed by atoms with E-state index < -0.39 is 5.69 Å². The van der Waals surface area contributed by atoms with Gasteiger partial charge in [-0.15, -0.1) is 11.8 Å². The summed E-state index contributed by atoms with van der Waals surface area (Å²) in [7, 11) is 3.02. The molecule has 1 fully saturated rings. The average molecular weight is 338 g/mol. The summed E-state index contributed by atoms with van der Waals surface area (Å²) in [6.45, 7) is 1.05. The average Bonchev–Trinajstić information content (AvgIpc) is 3.17. The molecule has 1 aliphatic heterocycles. The second kappa shape index (κ2) is 5.85. The minimum absolute atomic E-state index is 0.0298. The molecule has 1 atom stereocenters. The molecule has 1 aliphatic rings. The van der Waals surface area contributed by atoms with E-state index in [1.54, 1.807) is 28.3 Å². The van der Waals surface area contributed by atoms with Crippen LogP contribution in [-0.4, -0.2) is 53.7 Å². The van der Waals surface area contributed by atoms with E-state index >= 15 is 0 Å². The van der Waals surface area contributed by atoms with Crippen LogP contribution in [0.4, 0.5) is 0 Å². The Balaban J connectivity index is 2.03. The van der Waals surface area contributed by atoms with Crippen molar-refractivity contribution in [3.63, 3.8) is 0 Å². The normalized spacial score (nSPS) is 18.0. The molecule has 23 heavy (non-hydrogen) atoms. The van der Waals surface area contributed by atoms with Crippen LogP contribution in [0.15, 0.2) is 15.9 Å². The quantitative estimate of drug-likeness (QED) is 0.714. The molecule has 3 rings (SSSR count). The van der Waals surface area contributed by atoms with Gasteiger partial charge < -0.3 is 15.2 Å². The molecule has 0 radical (unpaired) electrons. The highest BCUT2D eigenvalue weighted by atomic mass is 32.2. The number of aromatic nitrogens is 4. The first kappa shape index (κ1) is 15.8. The van der Waals surface area contributed by atoms with Crippen molar-refractivity contribution in [3.05, 3.63) is 27.2 Å². The van der Waals surface area contributed by atoms with Crippen LogP contribution in [0.2, 0.25) is 0 Å². The summed E-state index contributed by atoms with van der Waals surface area (Å²) >= 11 is 1.64. The summed E-state index contributed by atoms with van der Waals surface area (Å²) in [6, 6.07) is 0. The van der Waals surface area contributed by atoms with E-state index in [1.165, 1.54) is 17.9 Å². The fourth-order valence-electron chi connectivity index (χ4n) is 2.78. The van der Waals surface area contributed by atoms with Gasteiger partial charge in [-0.05, 0) is 0 Å². The maximum atomic E-state index is 12.4. The molecule has 1 amide bonds. The largest absolute Gasteiger partial charge is 0.332 e. The van der Waals surface area contributed by atoms with Gasteiger partial charge in [0.15, 0.2) is 11.2 Å². The number of imidazole rings is 1. The maximum Gasteiger partial charge on any atom is 0.332 e. The van der Waals surface area contributed by atoms with E-state index in [0.29, 0.717) is 24.3 Å². The first-order valence-electron chi connectivity index (χ1n) is 7.17. The maximum absolute atomic E-state index is 12.4. The minimum Gasteiger partial charge on any atom is -0.327 e. The van der Waals surface area contributed by atoms with Crippen molar-refractivity contribution < 1.29 is 4.79 Å². The van der Waals surface area contributed by atoms with Gasteiger partial charge in [-0.3, -0.25) is 18.7 Å². The SMILES string of the molecule is Cn1c(=O)c2c(ncn2CC2SCCN2C(=O)CN)n(C)c1=O. The second-order valence-electron chi connectivity index (χ2n) is 5.39. The Morgan fingerprint density at radius 1 is 1.39 bits per heavy atom. The third-order valence-corrected chi connectivity index (χ3v) is 5.26. The Hall–Kier alpha value is -2.07. The predicted molar refractivity (Wildman–Crippen MR) is 87.2 cm³/mol. The molecule has 0 saturated carbocycles. The highest BCUT2D eigenvalue weighted by Gasteiger charge is 2.29. The molecule has 3 heterocycles. The first-order chi connectivity index (χ1) is 11.0. The number of aryl methyl sites for hydroxylation is 1. The zero-order chi connectivity index (χ0) is 16.7. The van der Waals surface area contributed by atoms with Crippen LogP contribution in [0.25, 0.3) is 11.2 Å². The summed E-state index contributed by atoms with van der Waals surface area (Å²) < 4.78 is 4.11. The van der Waals surface area contributed by atoms with Crippen LogP contribution in [-0.2, 0) is 25.4 Å². The molecule has 0 spiro atoms. The van der Waals surface area contributed by atoms with E-state index in [4.69, 9.17) is 5.73 Å². The molecule has 0 aromatic carbocycles. The third kappa shape index (κ3) is 2.47. The van der Waals surface area contributed by atoms with E-state index in [0.717, 1.165) is 10.3 Å². The number of hydrogen-bond acceptors (Lipinski definition) is 6. The predicted octanol–water partition coefficient (Wildman–Crippen LogP) is -1.71. The number of nitrogens with two attached hydrogens (primary N) is 1. The molecule has 1 unspecified atom stereocenters. The lowest BCUT2D eigenvalue weighted by Crippen LogP contribution is -2.41. The number of amides is 1. The van der Waals surface area contributed by atoms with Crippen LogP contribution >= 0.6 is 11.8 Å². The Bertz CT molecular complexity index is 882. The molecule has 1 saturated heterocycles. The van der Waals surface area contributed by atoms with Gasteiger partial charge in [0.2, 0.25) is 5.91 Å². The van der Waals surface area contributed by atoms with Gasteiger partial charge in [-0.2, -0.15) is 0 Å². The monoisotopic (exact) mass is 338 g/mol. The molecule has 0 bridgehead atoms. The zero-order valence-corrected chi connectivity index (χ0v) is 13.7. The van der Waals surface area contributed by atoms with Crippen LogP contribution in [0, 0.1) is 0 Å². The van der Waals surface area contributed by atoms with E-state index in [2.05, 4.69) is 4.98 Å². The van der Waals surface area contributed by atoms with Gasteiger partial charge in [-0.1, -0.05) is 0 Å². The van der Waals surface area contributed by atoms with E-state index in [-0.39, 0.29) is 23.4 Å². The summed E-state index contributed by atoms with van der Waals surface area (Å²) in [5.41, 5.74) is 5.35. The van der Waals surface area contributed by atoms with Gasteiger partial charge in [0.25, 0.3) is 5.56 Å². The van der Waals surface area contributed by atoms with Crippen molar-refractivity contribution in [1.82, 2.24) is 23.6 Å². The molecule has 9 nitrogen and oxygen atoms in total. The standard InChI is InChI=1S/C13H18N6O3S/c1-16-11-10(12(21)17(2)13(16)22)18(7-15-11)6-9-19(3-4-23-9)8(20)5-14/h7,9H,3-6,14H2,1-2H3. The summed E-state index contributed by atoms with van der Waals surface area (Å²) in [6.07, 6.45) is 1.54. The number of hydrogen-bond donors (Lipinski definition) is 1. The molecule has 2 aromatic rings. The number of carbonyl (C=O) groups is 1. The summed E-state index contributed by atoms with van der Waals surface area (Å²) in [4.78, 5) is 42.2. The van der Waals surface area contributed by atoms with Gasteiger partial charge >= 0.3 is 5.69 Å². The minimum atomic E-state index is -0.414. The highest BCUT2D eigenvalue weighted by molar-refractivity contribution is 8.00. The molecule has 10 heteroatoms. The lowest BCUT2D eigenvalue weighted by molar-refractivity contribution is -0.129. The Morgan fingerprint density at radius 2 is 2.13 bits per heavy atom. The number of fused-ring (bicyclic) bond motifs is 1. The van der Waals surface area contributed by atoms with E-state index in [1.807, 2.05) is 0 Å². The third-order valence-electron chi connectivity index (χ3n) is 4.06. The van der Waals surface area contributed by atoms with Gasteiger partial charge in [0, 0.05) is 26.4 Å². The van der Waals surface area contributed by atoms with Crippen molar-refractivity contribution in [3.8, 4) is 0 Å². The van der Waals surface area contributed by atoms with Crippen molar-refractivity contribution in [2.75, 3.05) is 18.8 Å². The Kier molecular flexibility index (Phi) is 4.02. The lowest BCUT2D eigenvalue weighted by atomic mass is 10.4. The van der Waals surface area contributed by atoms with Crippen LogP contribution < -0.4 is 17.0 Å². The lowest BCUT2D eigenvalue weighted by Gasteiger charge is -2.23. The van der Waals surface area contributed by atoms with Gasteiger partial charge in [0.1, 0.15) is 0 Å². The van der Waals surface area contributed by atoms with Gasteiger partial charge in [-0.25, -0.2) is 9.78 Å². The van der Waals surface area contributed by atoms with Crippen molar-refractivity contribution >= 4 is 28.8 Å². The molecular formula is C13H18N6O3S. The first-order valence-corrected chi connectivity index (χ1v) is 8.22. The summed E-state index contributed by atoms with van der Waals surface area (Å²) in [5, 5.41) is -0.0922. The van der Waals surface area contributed by atoms with Crippen LogP contribution in [0.3, 0.4) is 0 Å². The smallest absolute Gasteiger partial charge is 0.327 e. The number of nitrogens with zero attached hydrogens (tertiary/aromatic N) is 5. The van der Waals surface area contributed by atoms with Gasteiger partial charge in [0.05, 0.1) is 24.8 Å². The molecule has 0 aliphatic carbocycles. The Labute approximate surface area is 135 Å². The summed E-state index contributed by atoms with van der Waals surface area (Å²) in [5.74, 6) is 0.726. The molecule has 2 N–H and O–H groups in total. The number of thioether (sulfide) groups is 1. The topological polar surface area (TPSA) is 108 Å². The van der Waals surface area contributed by atoms with E-state index in [9.17, 15) is 14.4 Å².